The highest BCUT2D eigenvalue weighted by Gasteiger charge is 2.56. The van der Waals surface area contributed by atoms with E-state index in [1.807, 2.05) is 102 Å². The molecule has 0 radical (unpaired) electrons. The molecule has 0 saturated carbocycles. The van der Waals surface area contributed by atoms with E-state index in [1.165, 1.54) is 28.4 Å². The van der Waals surface area contributed by atoms with E-state index in [0.29, 0.717) is 88.5 Å². The van der Waals surface area contributed by atoms with E-state index < -0.39 is 29.1 Å². The fraction of sp³-hybridized carbons (Fsp3) is 0.485. The Bertz CT molecular complexity index is 3360. The lowest BCUT2D eigenvalue weighted by Crippen LogP contribution is -2.54. The molecule has 17 nitrogen and oxygen atoms in total. The van der Waals surface area contributed by atoms with Gasteiger partial charge in [-0.25, -0.2) is 14.8 Å². The molecule has 0 bridgehead atoms. The summed E-state index contributed by atoms with van der Waals surface area (Å²) in [6.07, 6.45) is 2.63. The number of carboxylic acids is 1. The van der Waals surface area contributed by atoms with Crippen LogP contribution in [0.2, 0.25) is 20.1 Å². The van der Waals surface area contributed by atoms with Crippen LogP contribution in [-0.2, 0) is 30.3 Å². The summed E-state index contributed by atoms with van der Waals surface area (Å²) < 4.78 is 0. The van der Waals surface area contributed by atoms with E-state index in [9.17, 15) is 29.4 Å². The number of thioether (sulfide) groups is 2. The van der Waals surface area contributed by atoms with E-state index in [4.69, 9.17) is 61.5 Å². The molecule has 8 aliphatic rings. The van der Waals surface area contributed by atoms with Crippen molar-refractivity contribution in [3.63, 3.8) is 0 Å². The predicted octanol–water partition coefficient (Wildman–Crippen LogP) is 10.6. The third kappa shape index (κ3) is 14.0. The maximum atomic E-state index is 14.4. The van der Waals surface area contributed by atoms with Gasteiger partial charge in [0.05, 0.1) is 25.3 Å². The summed E-state index contributed by atoms with van der Waals surface area (Å²) in [5.41, 5.74) is 4.64. The van der Waals surface area contributed by atoms with Crippen LogP contribution in [0.1, 0.15) is 102 Å². The number of aliphatic carboxylic acids is 1. The Labute approximate surface area is 551 Å². The Kier molecular flexibility index (Phi) is 21.6. The van der Waals surface area contributed by atoms with Crippen LogP contribution < -0.4 is 5.32 Å². The van der Waals surface area contributed by atoms with Crippen LogP contribution in [0.5, 0.6) is 0 Å². The van der Waals surface area contributed by atoms with Gasteiger partial charge in [-0.2, -0.15) is 0 Å². The first-order chi connectivity index (χ1) is 42.7. The molecular formula is C66H80Cl4N10O7S2. The maximum Gasteiger partial charge on any atom is 0.326 e. The second kappa shape index (κ2) is 28.8. The molecule has 476 valence electrons. The first-order valence-electron chi connectivity index (χ1n) is 30.8. The van der Waals surface area contributed by atoms with E-state index in [-0.39, 0.29) is 48.2 Å². The third-order valence-electron chi connectivity index (χ3n) is 18.1. The number of amides is 3. The normalized spacial score (nSPS) is 25.3. The van der Waals surface area contributed by atoms with Gasteiger partial charge >= 0.3 is 5.97 Å². The molecule has 4 N–H and O–H groups in total. The van der Waals surface area contributed by atoms with Gasteiger partial charge in [-0.15, -0.1) is 0 Å². The number of allylic oxidation sites excluding steroid dienone is 2. The Balaban J connectivity index is 0.000000174. The van der Waals surface area contributed by atoms with Gasteiger partial charge in [-0.05, 0) is 146 Å². The standard InChI is InChI=1S/C33H39Cl2N5O3S.C27H27Cl2N3O3S.C6H14N2O/c1-21(2)27-28(31(43)39-14-4-5-26(39)30(42)38-17-15-37(16-18-38)19-20-41)44-32-36-33(3,23-8-12-25(35)13-9-23)29(40(27)32)22-6-10-24(34)11-7-22;1-15(2)21-22(24(33)31-14-4-5-20(31)25(34)35)36-26-30-27(3,17-8-12-19(29)13-9-17)23(32(21)26)16-6-10-18(28)11-7-16;9-6-5-8-3-1-7-2-4-8/h6-13,21,26,29,41H,4-5,14-20H2,1-3H3;6-13,15,20,23H,4-5,14H2,1-3H3,(H,34,35);7,9H,1-6H2/t26-,29+,33-;20-,23+,27-;/m00./s1. The molecule has 8 aliphatic heterocycles. The summed E-state index contributed by atoms with van der Waals surface area (Å²) in [5.74, 6) is -1.20. The van der Waals surface area contributed by atoms with Gasteiger partial charge in [-0.3, -0.25) is 24.2 Å². The summed E-state index contributed by atoms with van der Waals surface area (Å²) in [5, 5.41) is 34.9. The Morgan fingerprint density at radius 2 is 0.921 bits per heavy atom. The molecule has 0 spiro atoms. The molecule has 4 aromatic rings. The first kappa shape index (κ1) is 66.8. The quantitative estimate of drug-likeness (QED) is 0.0933. The number of β-amino-alcohol motifs (C(OH)–C–C–N with tert-alkyl or cyclic N) is 2. The second-order valence-electron chi connectivity index (χ2n) is 24.5. The highest BCUT2D eigenvalue weighted by atomic mass is 35.5. The van der Waals surface area contributed by atoms with Crippen molar-refractivity contribution < 1.29 is 34.5 Å². The first-order valence-corrected chi connectivity index (χ1v) is 34.0. The molecular weight excluding hydrogens is 1250 g/mol. The summed E-state index contributed by atoms with van der Waals surface area (Å²) in [6.45, 7) is 22.4. The average Bonchev–Trinajstić information content (AvgIpc) is 1.57. The van der Waals surface area contributed by atoms with Gasteiger partial charge in [0, 0.05) is 110 Å². The maximum absolute atomic E-state index is 14.4. The van der Waals surface area contributed by atoms with Crippen molar-refractivity contribution in [1.82, 2.24) is 39.6 Å². The minimum atomic E-state index is -0.956. The number of aliphatic imine (C=N–C) groups is 2. The van der Waals surface area contributed by atoms with Crippen molar-refractivity contribution in [2.24, 2.45) is 21.8 Å². The lowest BCUT2D eigenvalue weighted by Gasteiger charge is -2.38. The largest absolute Gasteiger partial charge is 0.480 e. The number of nitrogens with zero attached hydrogens (tertiary/aromatic N) is 9. The van der Waals surface area contributed by atoms with Gasteiger partial charge in [0.1, 0.15) is 33.0 Å². The fourth-order valence-corrected chi connectivity index (χ4v) is 16.8. The Morgan fingerprint density at radius 3 is 1.30 bits per heavy atom. The number of amidine groups is 2. The highest BCUT2D eigenvalue weighted by molar-refractivity contribution is 8.18. The monoisotopic (exact) mass is 1330 g/mol. The van der Waals surface area contributed by atoms with E-state index in [2.05, 4.69) is 66.5 Å². The molecule has 8 heterocycles. The van der Waals surface area contributed by atoms with Crippen molar-refractivity contribution in [2.75, 3.05) is 91.8 Å². The minimum Gasteiger partial charge on any atom is -0.480 e. The topological polar surface area (TPSA) is 188 Å². The van der Waals surface area contributed by atoms with Crippen LogP contribution in [0.25, 0.3) is 0 Å². The van der Waals surface area contributed by atoms with Crippen LogP contribution in [-0.4, -0.2) is 187 Å². The molecule has 12 rings (SSSR count). The Hall–Kier alpha value is -5.16. The number of likely N-dealkylation sites (tertiary alicyclic amines) is 2. The number of carbonyl (C=O) groups is 4. The summed E-state index contributed by atoms with van der Waals surface area (Å²) in [4.78, 5) is 79.5. The van der Waals surface area contributed by atoms with Crippen molar-refractivity contribution in [3.05, 3.63) is 161 Å². The number of aliphatic hydroxyl groups is 2. The lowest BCUT2D eigenvalue weighted by molar-refractivity contribution is -0.146. The molecule has 0 unspecified atom stereocenters. The van der Waals surface area contributed by atoms with Crippen LogP contribution in [0.4, 0.5) is 0 Å². The number of benzene rings is 4. The predicted molar refractivity (Wildman–Crippen MR) is 357 cm³/mol. The Morgan fingerprint density at radius 1 is 0.551 bits per heavy atom. The van der Waals surface area contributed by atoms with Gasteiger partial charge < -0.3 is 45.1 Å². The second-order valence-corrected chi connectivity index (χ2v) is 28.2. The van der Waals surface area contributed by atoms with Crippen molar-refractivity contribution in [3.8, 4) is 0 Å². The molecule has 4 saturated heterocycles. The minimum absolute atomic E-state index is 0.0115. The molecule has 6 atom stereocenters. The van der Waals surface area contributed by atoms with Crippen molar-refractivity contribution >= 4 is 104 Å². The van der Waals surface area contributed by atoms with E-state index in [0.717, 1.165) is 96.2 Å². The molecule has 3 amide bonds. The highest BCUT2D eigenvalue weighted by Crippen LogP contribution is 2.58. The third-order valence-corrected chi connectivity index (χ3v) is 21.2. The molecule has 0 aromatic heterocycles. The number of hydrogen-bond donors (Lipinski definition) is 4. The van der Waals surface area contributed by atoms with Crippen LogP contribution in [0, 0.1) is 11.8 Å². The van der Waals surface area contributed by atoms with Gasteiger partial charge in [0.25, 0.3) is 11.8 Å². The number of carbonyl (C=O) groups excluding carboxylic acids is 3. The molecule has 89 heavy (non-hydrogen) atoms. The van der Waals surface area contributed by atoms with Crippen LogP contribution in [0.15, 0.2) is 128 Å². The molecule has 0 aliphatic carbocycles. The van der Waals surface area contributed by atoms with Gasteiger partial charge in [-0.1, -0.05) is 123 Å². The van der Waals surface area contributed by atoms with Gasteiger partial charge in [0.2, 0.25) is 5.91 Å². The summed E-state index contributed by atoms with van der Waals surface area (Å²) >= 11 is 27.8. The molecule has 4 fully saturated rings. The van der Waals surface area contributed by atoms with Gasteiger partial charge in [0.15, 0.2) is 10.3 Å². The SMILES string of the molecule is CC(C)C1=C(C(=O)N2CCC[C@H]2C(=O)N2CCN(CCO)CC2)SC2=N[C@@](C)(c3ccc(Cl)cc3)[C@@H](c3ccc(Cl)cc3)N21.CC(C)C1=C(C(=O)N2CCC[C@H]2C(=O)O)SC2=N[C@@](C)(c3ccc(Cl)cc3)[C@@H](c3ccc(Cl)cc3)N21.OCCN1CCNCC1. The number of rotatable bonds is 14. The number of carboxylic acid groups (broad SMARTS) is 1. The number of piperazine rings is 2. The van der Waals surface area contributed by atoms with E-state index in [1.54, 1.807) is 4.90 Å². The number of halogens is 4. The fourth-order valence-electron chi connectivity index (χ4n) is 13.5. The summed E-state index contributed by atoms with van der Waals surface area (Å²) in [7, 11) is 0. The molecule has 23 heteroatoms. The van der Waals surface area contributed by atoms with Crippen molar-refractivity contribution in [1.29, 1.82) is 0 Å². The zero-order valence-electron chi connectivity index (χ0n) is 51.3. The average molecular weight is 1330 g/mol. The number of fused-ring (bicyclic) bond motifs is 2. The van der Waals surface area contributed by atoms with Crippen LogP contribution in [0.3, 0.4) is 0 Å². The van der Waals surface area contributed by atoms with E-state index >= 15 is 0 Å². The number of aliphatic hydroxyl groups excluding tert-OH is 2. The zero-order valence-corrected chi connectivity index (χ0v) is 55.9. The number of nitrogens with one attached hydrogen (secondary N) is 1. The molecule has 4 aromatic carbocycles. The summed E-state index contributed by atoms with van der Waals surface area (Å²) in [6, 6.07) is 29.5. The lowest BCUT2D eigenvalue weighted by atomic mass is 9.81. The smallest absolute Gasteiger partial charge is 0.326 e. The van der Waals surface area contributed by atoms with Crippen molar-refractivity contribution in [2.45, 2.75) is 102 Å². The zero-order chi connectivity index (χ0) is 63.5. The van der Waals surface area contributed by atoms with Crippen LogP contribution >= 0.6 is 69.9 Å². The number of hydrogen-bond acceptors (Lipinski definition) is 15.